The van der Waals surface area contributed by atoms with Crippen LogP contribution in [0.15, 0.2) is 36.4 Å². The quantitative estimate of drug-likeness (QED) is 0.445. The van der Waals surface area contributed by atoms with E-state index in [4.69, 9.17) is 14.2 Å². The molecule has 1 aliphatic carbocycles. The standard InChI is InChI=1S/C24H25N3O4/c1-29-14-7-8-17-16(11-14)15-5-4-6-18(23(15)26-17)27-24(28)20-9-13-10-21(30-2)22(31-3)12-19(13)25-20/h7-12,18,25-26H,4-6H2,1-3H3,(H,27,28)/t18-/m1/s1. The maximum Gasteiger partial charge on any atom is 0.268 e. The zero-order valence-corrected chi connectivity index (χ0v) is 17.8. The third-order valence-corrected chi connectivity index (χ3v) is 6.09. The van der Waals surface area contributed by atoms with Crippen molar-refractivity contribution in [3.8, 4) is 17.2 Å². The Balaban J connectivity index is 1.45. The number of nitrogens with one attached hydrogen (secondary N) is 3. The monoisotopic (exact) mass is 419 g/mol. The number of fused-ring (bicyclic) bond motifs is 4. The second-order valence-electron chi connectivity index (χ2n) is 7.82. The number of H-pyrrole nitrogens is 2. The second kappa shape index (κ2) is 7.58. The zero-order chi connectivity index (χ0) is 21.5. The number of benzene rings is 2. The first-order valence-electron chi connectivity index (χ1n) is 10.4. The number of aromatic nitrogens is 2. The molecule has 2 aromatic carbocycles. The highest BCUT2D eigenvalue weighted by atomic mass is 16.5. The van der Waals surface area contributed by atoms with Crippen LogP contribution in [0, 0.1) is 0 Å². The Morgan fingerprint density at radius 3 is 2.55 bits per heavy atom. The first kappa shape index (κ1) is 19.4. The molecule has 1 aliphatic rings. The van der Waals surface area contributed by atoms with E-state index in [0.29, 0.717) is 17.2 Å². The molecule has 7 heteroatoms. The summed E-state index contributed by atoms with van der Waals surface area (Å²) in [5.41, 5.74) is 4.75. The van der Waals surface area contributed by atoms with Gasteiger partial charge in [0.05, 0.1) is 27.4 Å². The number of methoxy groups -OCH3 is 3. The molecule has 0 aliphatic heterocycles. The Bertz CT molecular complexity index is 1250. The second-order valence-corrected chi connectivity index (χ2v) is 7.82. The van der Waals surface area contributed by atoms with Gasteiger partial charge >= 0.3 is 0 Å². The van der Waals surface area contributed by atoms with E-state index in [9.17, 15) is 4.79 Å². The van der Waals surface area contributed by atoms with Gasteiger partial charge < -0.3 is 29.5 Å². The van der Waals surface area contributed by atoms with Gasteiger partial charge in [-0.25, -0.2) is 0 Å². The van der Waals surface area contributed by atoms with Gasteiger partial charge in [-0.05, 0) is 55.2 Å². The van der Waals surface area contributed by atoms with Crippen LogP contribution < -0.4 is 19.5 Å². The molecule has 0 fully saturated rings. The molecular weight excluding hydrogens is 394 g/mol. The van der Waals surface area contributed by atoms with Gasteiger partial charge in [0.25, 0.3) is 5.91 Å². The van der Waals surface area contributed by atoms with E-state index in [-0.39, 0.29) is 11.9 Å². The first-order chi connectivity index (χ1) is 15.1. The van der Waals surface area contributed by atoms with Crippen molar-refractivity contribution in [2.45, 2.75) is 25.3 Å². The Morgan fingerprint density at radius 2 is 1.77 bits per heavy atom. The van der Waals surface area contributed by atoms with E-state index in [2.05, 4.69) is 21.4 Å². The van der Waals surface area contributed by atoms with Crippen molar-refractivity contribution in [3.63, 3.8) is 0 Å². The van der Waals surface area contributed by atoms with Crippen LogP contribution >= 0.6 is 0 Å². The molecule has 0 bridgehead atoms. The number of hydrogen-bond donors (Lipinski definition) is 3. The topological polar surface area (TPSA) is 88.4 Å². The third-order valence-electron chi connectivity index (χ3n) is 6.09. The highest BCUT2D eigenvalue weighted by Crippen LogP contribution is 2.37. The highest BCUT2D eigenvalue weighted by molar-refractivity contribution is 5.99. The number of carbonyl (C=O) groups excluding carboxylic acids is 1. The molecule has 0 spiro atoms. The number of hydrogen-bond acceptors (Lipinski definition) is 4. The predicted molar refractivity (Wildman–Crippen MR) is 119 cm³/mol. The lowest BCUT2D eigenvalue weighted by Crippen LogP contribution is -2.31. The van der Waals surface area contributed by atoms with E-state index in [0.717, 1.165) is 52.5 Å². The summed E-state index contributed by atoms with van der Waals surface area (Å²) in [6.07, 6.45) is 2.90. The van der Waals surface area contributed by atoms with Gasteiger partial charge in [0.15, 0.2) is 11.5 Å². The molecule has 3 N–H and O–H groups in total. The molecular formula is C24H25N3O4. The van der Waals surface area contributed by atoms with Crippen LogP contribution in [0.5, 0.6) is 17.2 Å². The van der Waals surface area contributed by atoms with Crippen LogP contribution in [0.2, 0.25) is 0 Å². The largest absolute Gasteiger partial charge is 0.497 e. The van der Waals surface area contributed by atoms with E-state index in [1.54, 1.807) is 21.3 Å². The SMILES string of the molecule is COc1ccc2[nH]c3c(c2c1)CCC[C@H]3NC(=O)c1cc2cc(OC)c(OC)cc2[nH]1. The van der Waals surface area contributed by atoms with Crippen molar-refractivity contribution in [2.75, 3.05) is 21.3 Å². The van der Waals surface area contributed by atoms with Crippen LogP contribution in [0.1, 0.15) is 40.6 Å². The lowest BCUT2D eigenvalue weighted by atomic mass is 9.91. The Kier molecular flexibility index (Phi) is 4.73. The summed E-state index contributed by atoms with van der Waals surface area (Å²) in [5.74, 6) is 1.95. The first-order valence-corrected chi connectivity index (χ1v) is 10.4. The highest BCUT2D eigenvalue weighted by Gasteiger charge is 2.26. The molecule has 7 nitrogen and oxygen atoms in total. The van der Waals surface area contributed by atoms with Crippen molar-refractivity contribution in [3.05, 3.63) is 53.3 Å². The molecule has 4 aromatic rings. The Morgan fingerprint density at radius 1 is 0.968 bits per heavy atom. The van der Waals surface area contributed by atoms with E-state index in [1.807, 2.05) is 30.3 Å². The predicted octanol–water partition coefficient (Wildman–Crippen LogP) is 4.48. The van der Waals surface area contributed by atoms with Gasteiger partial charge in [0.1, 0.15) is 11.4 Å². The van der Waals surface area contributed by atoms with E-state index >= 15 is 0 Å². The number of rotatable bonds is 5. The van der Waals surface area contributed by atoms with Crippen LogP contribution in [-0.2, 0) is 6.42 Å². The van der Waals surface area contributed by atoms with Gasteiger partial charge in [-0.1, -0.05) is 0 Å². The molecule has 1 amide bonds. The fraction of sp³-hybridized carbons (Fsp3) is 0.292. The summed E-state index contributed by atoms with van der Waals surface area (Å²) in [4.78, 5) is 19.8. The average Bonchev–Trinajstić information content (AvgIpc) is 3.39. The minimum Gasteiger partial charge on any atom is -0.497 e. The molecule has 0 saturated carbocycles. The lowest BCUT2D eigenvalue weighted by Gasteiger charge is -2.23. The van der Waals surface area contributed by atoms with Crippen molar-refractivity contribution in [1.82, 2.24) is 15.3 Å². The van der Waals surface area contributed by atoms with Gasteiger partial charge in [-0.2, -0.15) is 0 Å². The minimum absolute atomic E-state index is 0.0647. The van der Waals surface area contributed by atoms with Crippen LogP contribution in [0.3, 0.4) is 0 Å². The molecule has 0 radical (unpaired) electrons. The van der Waals surface area contributed by atoms with Gasteiger partial charge in [0, 0.05) is 33.6 Å². The van der Waals surface area contributed by atoms with Crippen molar-refractivity contribution in [1.29, 1.82) is 0 Å². The summed E-state index contributed by atoms with van der Waals surface area (Å²) in [6.45, 7) is 0. The molecule has 0 unspecified atom stereocenters. The maximum atomic E-state index is 13.1. The molecule has 160 valence electrons. The number of aromatic amines is 2. The average molecular weight is 419 g/mol. The van der Waals surface area contributed by atoms with Crippen LogP contribution in [0.4, 0.5) is 0 Å². The fourth-order valence-electron chi connectivity index (χ4n) is 4.53. The summed E-state index contributed by atoms with van der Waals surface area (Å²) in [5, 5.41) is 5.26. The molecule has 1 atom stereocenters. The molecule has 2 aromatic heterocycles. The number of ether oxygens (including phenoxy) is 3. The Hall–Kier alpha value is -3.61. The summed E-state index contributed by atoms with van der Waals surface area (Å²) < 4.78 is 16.1. The molecule has 5 rings (SSSR count). The Labute approximate surface area is 179 Å². The summed E-state index contributed by atoms with van der Waals surface area (Å²) in [6, 6.07) is 11.5. The summed E-state index contributed by atoms with van der Waals surface area (Å²) >= 11 is 0. The normalized spacial score (nSPS) is 15.6. The molecule has 2 heterocycles. The van der Waals surface area contributed by atoms with Crippen molar-refractivity contribution >= 4 is 27.7 Å². The smallest absolute Gasteiger partial charge is 0.268 e. The van der Waals surface area contributed by atoms with E-state index in [1.165, 1.54) is 5.56 Å². The fourth-order valence-corrected chi connectivity index (χ4v) is 4.53. The van der Waals surface area contributed by atoms with Crippen LogP contribution in [-0.4, -0.2) is 37.2 Å². The molecule has 0 saturated heterocycles. The summed E-state index contributed by atoms with van der Waals surface area (Å²) in [7, 11) is 4.87. The lowest BCUT2D eigenvalue weighted by molar-refractivity contribution is 0.0927. The third kappa shape index (κ3) is 3.26. The number of carbonyl (C=O) groups is 1. The number of aryl methyl sites for hydroxylation is 1. The van der Waals surface area contributed by atoms with Gasteiger partial charge in [-0.3, -0.25) is 4.79 Å². The maximum absolute atomic E-state index is 13.1. The van der Waals surface area contributed by atoms with Crippen molar-refractivity contribution < 1.29 is 19.0 Å². The van der Waals surface area contributed by atoms with Crippen molar-refractivity contribution in [2.24, 2.45) is 0 Å². The van der Waals surface area contributed by atoms with Gasteiger partial charge in [0.2, 0.25) is 0 Å². The van der Waals surface area contributed by atoms with Crippen LogP contribution in [0.25, 0.3) is 21.8 Å². The number of amides is 1. The molecule has 31 heavy (non-hydrogen) atoms. The zero-order valence-electron chi connectivity index (χ0n) is 17.8. The minimum atomic E-state index is -0.136. The van der Waals surface area contributed by atoms with E-state index < -0.39 is 0 Å². The van der Waals surface area contributed by atoms with Gasteiger partial charge in [-0.15, -0.1) is 0 Å².